The van der Waals surface area contributed by atoms with Crippen LogP contribution in [0.5, 0.6) is 0 Å². The summed E-state index contributed by atoms with van der Waals surface area (Å²) in [5.41, 5.74) is 6.24. The molecule has 1 fully saturated rings. The SMILES string of the molecule is NC(Cc1sccc1Br)C1CCOCC1. The number of hydrogen-bond donors (Lipinski definition) is 1. The van der Waals surface area contributed by atoms with Crippen molar-refractivity contribution >= 4 is 27.3 Å². The Morgan fingerprint density at radius 3 is 2.87 bits per heavy atom. The van der Waals surface area contributed by atoms with Crippen molar-refractivity contribution in [3.05, 3.63) is 20.8 Å². The topological polar surface area (TPSA) is 35.2 Å². The van der Waals surface area contributed by atoms with Crippen molar-refractivity contribution in [3.63, 3.8) is 0 Å². The molecule has 0 radical (unpaired) electrons. The summed E-state index contributed by atoms with van der Waals surface area (Å²) in [6.45, 7) is 1.76. The molecule has 2 heterocycles. The zero-order valence-electron chi connectivity index (χ0n) is 8.62. The average Bonchev–Trinajstić information content (AvgIpc) is 2.66. The Balaban J connectivity index is 1.91. The van der Waals surface area contributed by atoms with Crippen LogP contribution in [0, 0.1) is 5.92 Å². The molecular weight excluding hydrogens is 274 g/mol. The highest BCUT2D eigenvalue weighted by Crippen LogP contribution is 2.27. The van der Waals surface area contributed by atoms with Crippen LogP contribution in [0.4, 0.5) is 0 Å². The highest BCUT2D eigenvalue weighted by Gasteiger charge is 2.21. The third-order valence-corrected chi connectivity index (χ3v) is 4.93. The van der Waals surface area contributed by atoms with Gasteiger partial charge in [0, 0.05) is 28.6 Å². The Morgan fingerprint density at radius 1 is 1.53 bits per heavy atom. The van der Waals surface area contributed by atoms with Crippen LogP contribution in [-0.2, 0) is 11.2 Å². The number of nitrogens with two attached hydrogens (primary N) is 1. The molecule has 0 aliphatic carbocycles. The molecule has 2 nitrogen and oxygen atoms in total. The van der Waals surface area contributed by atoms with Crippen molar-refractivity contribution in [3.8, 4) is 0 Å². The summed E-state index contributed by atoms with van der Waals surface area (Å²) in [6, 6.07) is 2.38. The lowest BCUT2D eigenvalue weighted by molar-refractivity contribution is 0.0585. The number of ether oxygens (including phenoxy) is 1. The zero-order chi connectivity index (χ0) is 10.7. The molecule has 1 aliphatic heterocycles. The summed E-state index contributed by atoms with van der Waals surface area (Å²) in [6.07, 6.45) is 3.22. The molecule has 1 unspecified atom stereocenters. The Hall–Kier alpha value is 0.1000. The molecule has 1 aliphatic rings. The van der Waals surface area contributed by atoms with E-state index in [1.54, 1.807) is 11.3 Å². The van der Waals surface area contributed by atoms with Crippen molar-refractivity contribution in [2.75, 3.05) is 13.2 Å². The lowest BCUT2D eigenvalue weighted by atomic mass is 9.90. The van der Waals surface area contributed by atoms with Gasteiger partial charge in [-0.2, -0.15) is 0 Å². The zero-order valence-corrected chi connectivity index (χ0v) is 11.0. The number of rotatable bonds is 3. The van der Waals surface area contributed by atoms with E-state index in [0.717, 1.165) is 32.5 Å². The second kappa shape index (κ2) is 5.43. The van der Waals surface area contributed by atoms with E-state index in [1.165, 1.54) is 9.35 Å². The number of thiophene rings is 1. The van der Waals surface area contributed by atoms with Gasteiger partial charge in [0.05, 0.1) is 0 Å². The normalized spacial score (nSPS) is 20.4. The molecule has 0 bridgehead atoms. The molecule has 0 amide bonds. The highest BCUT2D eigenvalue weighted by molar-refractivity contribution is 9.10. The molecule has 15 heavy (non-hydrogen) atoms. The Morgan fingerprint density at radius 2 is 2.27 bits per heavy atom. The molecule has 1 aromatic heterocycles. The molecule has 84 valence electrons. The summed E-state index contributed by atoms with van der Waals surface area (Å²) < 4.78 is 6.55. The summed E-state index contributed by atoms with van der Waals surface area (Å²) in [7, 11) is 0. The number of hydrogen-bond acceptors (Lipinski definition) is 3. The molecule has 4 heteroatoms. The fraction of sp³-hybridized carbons (Fsp3) is 0.636. The van der Waals surface area contributed by atoms with Crippen molar-refractivity contribution in [1.82, 2.24) is 0 Å². The summed E-state index contributed by atoms with van der Waals surface area (Å²) >= 11 is 5.33. The van der Waals surface area contributed by atoms with Crippen molar-refractivity contribution < 1.29 is 4.74 Å². The lowest BCUT2D eigenvalue weighted by Gasteiger charge is -2.27. The highest BCUT2D eigenvalue weighted by atomic mass is 79.9. The van der Waals surface area contributed by atoms with Gasteiger partial charge in [0.15, 0.2) is 0 Å². The van der Waals surface area contributed by atoms with E-state index in [4.69, 9.17) is 10.5 Å². The average molecular weight is 290 g/mol. The van der Waals surface area contributed by atoms with Gasteiger partial charge in [0.2, 0.25) is 0 Å². The largest absolute Gasteiger partial charge is 0.381 e. The fourth-order valence-corrected chi connectivity index (χ4v) is 3.58. The van der Waals surface area contributed by atoms with E-state index >= 15 is 0 Å². The first-order valence-electron chi connectivity index (χ1n) is 5.32. The predicted molar refractivity (Wildman–Crippen MR) is 67.2 cm³/mol. The third-order valence-electron chi connectivity index (χ3n) is 2.98. The van der Waals surface area contributed by atoms with Crippen LogP contribution in [0.15, 0.2) is 15.9 Å². The minimum atomic E-state index is 0.281. The second-order valence-electron chi connectivity index (χ2n) is 4.01. The van der Waals surface area contributed by atoms with E-state index < -0.39 is 0 Å². The van der Waals surface area contributed by atoms with Crippen molar-refractivity contribution in [2.45, 2.75) is 25.3 Å². The molecule has 0 saturated carbocycles. The molecule has 1 saturated heterocycles. The van der Waals surface area contributed by atoms with Gasteiger partial charge in [-0.3, -0.25) is 0 Å². The quantitative estimate of drug-likeness (QED) is 0.929. The van der Waals surface area contributed by atoms with E-state index in [9.17, 15) is 0 Å². The van der Waals surface area contributed by atoms with Crippen LogP contribution >= 0.6 is 27.3 Å². The van der Waals surface area contributed by atoms with Gasteiger partial charge in [-0.05, 0) is 52.6 Å². The summed E-state index contributed by atoms with van der Waals surface area (Å²) in [5, 5.41) is 2.11. The maximum atomic E-state index is 6.24. The van der Waals surface area contributed by atoms with Crippen LogP contribution in [0.1, 0.15) is 17.7 Å². The van der Waals surface area contributed by atoms with Crippen molar-refractivity contribution in [2.24, 2.45) is 11.7 Å². The lowest BCUT2D eigenvalue weighted by Crippen LogP contribution is -2.35. The molecule has 0 aromatic carbocycles. The minimum Gasteiger partial charge on any atom is -0.381 e. The van der Waals surface area contributed by atoms with Crippen LogP contribution in [0.2, 0.25) is 0 Å². The first kappa shape index (κ1) is 11.6. The van der Waals surface area contributed by atoms with Gasteiger partial charge in [-0.15, -0.1) is 11.3 Å². The Bertz CT molecular complexity index is 309. The monoisotopic (exact) mass is 289 g/mol. The molecular formula is C11H16BrNOS. The predicted octanol–water partition coefficient (Wildman–Crippen LogP) is 2.81. The Labute approximate surface area is 103 Å². The van der Waals surface area contributed by atoms with Crippen LogP contribution in [0.25, 0.3) is 0 Å². The van der Waals surface area contributed by atoms with E-state index in [2.05, 4.69) is 27.4 Å². The molecule has 2 N–H and O–H groups in total. The summed E-state index contributed by atoms with van der Waals surface area (Å²) in [5.74, 6) is 0.632. The molecule has 1 aromatic rings. The first-order chi connectivity index (χ1) is 7.27. The van der Waals surface area contributed by atoms with Crippen LogP contribution in [-0.4, -0.2) is 19.3 Å². The van der Waals surface area contributed by atoms with Crippen LogP contribution in [0.3, 0.4) is 0 Å². The Kier molecular flexibility index (Phi) is 4.20. The van der Waals surface area contributed by atoms with Gasteiger partial charge in [0.25, 0.3) is 0 Å². The maximum Gasteiger partial charge on any atom is 0.0469 e. The van der Waals surface area contributed by atoms with Gasteiger partial charge in [-0.1, -0.05) is 0 Å². The van der Waals surface area contributed by atoms with Gasteiger partial charge < -0.3 is 10.5 Å². The van der Waals surface area contributed by atoms with Gasteiger partial charge in [-0.25, -0.2) is 0 Å². The number of halogens is 1. The third kappa shape index (κ3) is 3.03. The first-order valence-corrected chi connectivity index (χ1v) is 7.00. The van der Waals surface area contributed by atoms with E-state index in [0.29, 0.717) is 5.92 Å². The van der Waals surface area contributed by atoms with Gasteiger partial charge in [0.1, 0.15) is 0 Å². The fourth-order valence-electron chi connectivity index (χ4n) is 2.00. The minimum absolute atomic E-state index is 0.281. The summed E-state index contributed by atoms with van der Waals surface area (Å²) in [4.78, 5) is 1.37. The maximum absolute atomic E-state index is 6.24. The van der Waals surface area contributed by atoms with Crippen molar-refractivity contribution in [1.29, 1.82) is 0 Å². The standard InChI is InChI=1S/C11H16BrNOS/c12-9-3-6-15-11(9)7-10(13)8-1-4-14-5-2-8/h3,6,8,10H,1-2,4-5,7,13H2. The second-order valence-corrected chi connectivity index (χ2v) is 5.86. The van der Waals surface area contributed by atoms with E-state index in [1.807, 2.05) is 0 Å². The van der Waals surface area contributed by atoms with Gasteiger partial charge >= 0.3 is 0 Å². The van der Waals surface area contributed by atoms with E-state index in [-0.39, 0.29) is 6.04 Å². The molecule has 1 atom stereocenters. The molecule has 2 rings (SSSR count). The molecule has 0 spiro atoms. The van der Waals surface area contributed by atoms with Crippen LogP contribution < -0.4 is 5.73 Å². The smallest absolute Gasteiger partial charge is 0.0469 e.